The van der Waals surface area contributed by atoms with Crippen molar-refractivity contribution in [2.24, 2.45) is 0 Å². The van der Waals surface area contributed by atoms with E-state index in [9.17, 15) is 8.42 Å². The van der Waals surface area contributed by atoms with Crippen LogP contribution in [-0.2, 0) is 22.0 Å². The van der Waals surface area contributed by atoms with Crippen LogP contribution in [0.1, 0.15) is 51.9 Å². The van der Waals surface area contributed by atoms with Crippen molar-refractivity contribution in [3.8, 4) is 0 Å². The normalized spacial score (nSPS) is 12.8. The van der Waals surface area contributed by atoms with E-state index in [0.717, 1.165) is 5.56 Å². The van der Waals surface area contributed by atoms with Gasteiger partial charge in [0.25, 0.3) is 0 Å². The minimum Gasteiger partial charge on any atom is -0.269 e. The van der Waals surface area contributed by atoms with E-state index in [1.165, 1.54) is 0 Å². The molecule has 0 aromatic carbocycles. The Morgan fingerprint density at radius 3 is 2.52 bits per heavy atom. The second-order valence-electron chi connectivity index (χ2n) is 6.85. The summed E-state index contributed by atoms with van der Waals surface area (Å²) in [6.45, 7) is 10.0. The van der Waals surface area contributed by atoms with Gasteiger partial charge in [-0.2, -0.15) is 5.10 Å². The lowest BCUT2D eigenvalue weighted by Gasteiger charge is -2.17. The zero-order valence-electron chi connectivity index (χ0n) is 14.2. The summed E-state index contributed by atoms with van der Waals surface area (Å²) in [5.41, 5.74) is 1.02. The predicted octanol–water partition coefficient (Wildman–Crippen LogP) is 2.64. The highest BCUT2D eigenvalue weighted by Crippen LogP contribution is 2.28. The van der Waals surface area contributed by atoms with Crippen molar-refractivity contribution >= 4 is 10.0 Å². The maximum absolute atomic E-state index is 12.7. The fraction of sp³-hybridized carbons (Fsp3) is 0.500. The molecule has 0 spiro atoms. The molecule has 0 fully saturated rings. The lowest BCUT2D eigenvalue weighted by molar-refractivity contribution is 0.493. The summed E-state index contributed by atoms with van der Waals surface area (Å²) in [5.74, 6) is 0. The lowest BCUT2D eigenvalue weighted by atomic mass is 9.92. The number of sulfonamides is 1. The fourth-order valence-corrected chi connectivity index (χ4v) is 3.47. The van der Waals surface area contributed by atoms with E-state index in [-0.39, 0.29) is 22.9 Å². The van der Waals surface area contributed by atoms with E-state index >= 15 is 0 Å². The molecule has 23 heavy (non-hydrogen) atoms. The smallest absolute Gasteiger partial charge is 0.244 e. The van der Waals surface area contributed by atoms with Gasteiger partial charge in [0, 0.05) is 36.6 Å². The molecule has 0 aliphatic rings. The van der Waals surface area contributed by atoms with Gasteiger partial charge in [-0.05, 0) is 25.5 Å². The Bertz CT molecular complexity index is 759. The summed E-state index contributed by atoms with van der Waals surface area (Å²) >= 11 is 0. The summed E-state index contributed by atoms with van der Waals surface area (Å²) in [6.07, 6.45) is 4.91. The Morgan fingerprint density at radius 2 is 2.00 bits per heavy atom. The molecule has 0 atom stereocenters. The minimum atomic E-state index is -3.65. The third kappa shape index (κ3) is 4.17. The Hall–Kier alpha value is -1.73. The summed E-state index contributed by atoms with van der Waals surface area (Å²) in [7, 11) is -3.65. The SMILES string of the molecule is CC(C)n1cc(S(=O)(=O)NCc2cccnc2)c(C(C)(C)C)n1. The van der Waals surface area contributed by atoms with Gasteiger partial charge in [-0.15, -0.1) is 0 Å². The molecule has 0 aliphatic carbocycles. The number of pyridine rings is 1. The highest BCUT2D eigenvalue weighted by atomic mass is 32.2. The second kappa shape index (κ2) is 6.41. The summed E-state index contributed by atoms with van der Waals surface area (Å²) < 4.78 is 29.8. The van der Waals surface area contributed by atoms with Crippen molar-refractivity contribution in [1.82, 2.24) is 19.5 Å². The van der Waals surface area contributed by atoms with E-state index in [2.05, 4.69) is 14.8 Å². The van der Waals surface area contributed by atoms with Crippen LogP contribution in [0.2, 0.25) is 0 Å². The standard InChI is InChI=1S/C16H24N4O2S/c1-12(2)20-11-14(15(19-20)16(3,4)5)23(21,22)18-10-13-7-6-8-17-9-13/h6-9,11-12,18H,10H2,1-5H3. The number of nitrogens with one attached hydrogen (secondary N) is 1. The third-order valence-electron chi connectivity index (χ3n) is 3.42. The summed E-state index contributed by atoms with van der Waals surface area (Å²) in [6, 6.07) is 3.71. The van der Waals surface area contributed by atoms with Crippen LogP contribution in [0.3, 0.4) is 0 Å². The van der Waals surface area contributed by atoms with E-state index in [0.29, 0.717) is 5.69 Å². The highest BCUT2D eigenvalue weighted by Gasteiger charge is 2.30. The molecule has 7 heteroatoms. The van der Waals surface area contributed by atoms with Crippen LogP contribution in [-0.4, -0.2) is 23.2 Å². The Morgan fingerprint density at radius 1 is 1.30 bits per heavy atom. The van der Waals surface area contributed by atoms with Crippen LogP contribution >= 0.6 is 0 Å². The van der Waals surface area contributed by atoms with Gasteiger partial charge in [-0.3, -0.25) is 9.67 Å². The van der Waals surface area contributed by atoms with Crippen molar-refractivity contribution < 1.29 is 8.42 Å². The number of rotatable bonds is 5. The summed E-state index contributed by atoms with van der Waals surface area (Å²) in [4.78, 5) is 4.23. The van der Waals surface area contributed by atoms with Gasteiger partial charge >= 0.3 is 0 Å². The number of nitrogens with zero attached hydrogens (tertiary/aromatic N) is 3. The first-order valence-corrected chi connectivity index (χ1v) is 9.08. The molecular weight excluding hydrogens is 312 g/mol. The van der Waals surface area contributed by atoms with E-state index in [1.54, 1.807) is 29.3 Å². The highest BCUT2D eigenvalue weighted by molar-refractivity contribution is 7.89. The van der Waals surface area contributed by atoms with Crippen molar-refractivity contribution in [3.05, 3.63) is 42.0 Å². The van der Waals surface area contributed by atoms with Gasteiger partial charge in [0.15, 0.2) is 0 Å². The van der Waals surface area contributed by atoms with Gasteiger partial charge in [0.05, 0.1) is 5.69 Å². The molecule has 1 N–H and O–H groups in total. The average molecular weight is 336 g/mol. The predicted molar refractivity (Wildman–Crippen MR) is 89.6 cm³/mol. The van der Waals surface area contributed by atoms with Gasteiger partial charge in [-0.25, -0.2) is 13.1 Å². The average Bonchev–Trinajstić information content (AvgIpc) is 2.93. The lowest BCUT2D eigenvalue weighted by Crippen LogP contribution is -2.26. The molecule has 2 heterocycles. The second-order valence-corrected chi connectivity index (χ2v) is 8.59. The van der Waals surface area contributed by atoms with E-state index in [1.807, 2.05) is 40.7 Å². The molecule has 2 aromatic heterocycles. The largest absolute Gasteiger partial charge is 0.269 e. The van der Waals surface area contributed by atoms with Gasteiger partial charge < -0.3 is 0 Å². The maximum atomic E-state index is 12.7. The first-order valence-electron chi connectivity index (χ1n) is 7.59. The quantitative estimate of drug-likeness (QED) is 0.910. The molecule has 126 valence electrons. The molecule has 0 aliphatic heterocycles. The molecule has 0 bridgehead atoms. The number of hydrogen-bond donors (Lipinski definition) is 1. The topological polar surface area (TPSA) is 76.9 Å². The molecule has 0 saturated carbocycles. The van der Waals surface area contributed by atoms with Crippen LogP contribution in [0.5, 0.6) is 0 Å². The zero-order chi connectivity index (χ0) is 17.3. The van der Waals surface area contributed by atoms with Crippen molar-refractivity contribution in [1.29, 1.82) is 0 Å². The zero-order valence-corrected chi connectivity index (χ0v) is 15.1. The molecule has 6 nitrogen and oxygen atoms in total. The van der Waals surface area contributed by atoms with Crippen molar-refractivity contribution in [2.45, 2.75) is 57.5 Å². The molecular formula is C16H24N4O2S. The number of aromatic nitrogens is 3. The Balaban J connectivity index is 2.35. The van der Waals surface area contributed by atoms with Crippen molar-refractivity contribution in [2.75, 3.05) is 0 Å². The van der Waals surface area contributed by atoms with Crippen LogP contribution in [0.4, 0.5) is 0 Å². The number of hydrogen-bond acceptors (Lipinski definition) is 4. The van der Waals surface area contributed by atoms with Gasteiger partial charge in [0.2, 0.25) is 10.0 Å². The van der Waals surface area contributed by atoms with E-state index < -0.39 is 10.0 Å². The minimum absolute atomic E-state index is 0.0957. The van der Waals surface area contributed by atoms with Gasteiger partial charge in [-0.1, -0.05) is 26.8 Å². The molecule has 0 radical (unpaired) electrons. The first kappa shape index (κ1) is 17.6. The molecule has 0 amide bonds. The Labute approximate surface area is 138 Å². The van der Waals surface area contributed by atoms with Crippen LogP contribution in [0.15, 0.2) is 35.6 Å². The Kier molecular flexibility index (Phi) is 4.91. The van der Waals surface area contributed by atoms with Crippen molar-refractivity contribution in [3.63, 3.8) is 0 Å². The van der Waals surface area contributed by atoms with Crippen LogP contribution in [0.25, 0.3) is 0 Å². The molecule has 0 saturated heterocycles. The van der Waals surface area contributed by atoms with Crippen LogP contribution in [0, 0.1) is 0 Å². The molecule has 2 aromatic rings. The summed E-state index contributed by atoms with van der Waals surface area (Å²) in [5, 5.41) is 4.49. The molecule has 2 rings (SSSR count). The first-order chi connectivity index (χ1) is 10.6. The fourth-order valence-electron chi connectivity index (χ4n) is 2.11. The van der Waals surface area contributed by atoms with Gasteiger partial charge in [0.1, 0.15) is 4.90 Å². The van der Waals surface area contributed by atoms with Crippen LogP contribution < -0.4 is 4.72 Å². The third-order valence-corrected chi connectivity index (χ3v) is 4.82. The maximum Gasteiger partial charge on any atom is 0.244 e. The monoisotopic (exact) mass is 336 g/mol. The van der Waals surface area contributed by atoms with E-state index in [4.69, 9.17) is 0 Å². The molecule has 0 unspecified atom stereocenters.